The summed E-state index contributed by atoms with van der Waals surface area (Å²) >= 11 is 0. The number of aliphatic hydroxyl groups excluding tert-OH is 2. The first-order valence-corrected chi connectivity index (χ1v) is 24.8. The van der Waals surface area contributed by atoms with E-state index in [0.717, 1.165) is 23.6 Å². The molecule has 5 N–H and O–H groups in total. The molecule has 2 bridgehead atoms. The average molecular weight is 1040 g/mol. The number of rotatable bonds is 13. The maximum absolute atomic E-state index is 15.4. The minimum Gasteiger partial charge on any atom is -0.456 e. The Bertz CT molecular complexity index is 2800. The number of ether oxygens (including phenoxy) is 7. The molecule has 11 atom stereocenters. The zero-order valence-corrected chi connectivity index (χ0v) is 43.1. The van der Waals surface area contributed by atoms with Crippen LogP contribution in [0.15, 0.2) is 102 Å². The lowest BCUT2D eigenvalue weighted by molar-refractivity contribution is -0.350. The molecule has 0 radical (unpaired) electrons. The van der Waals surface area contributed by atoms with Crippen molar-refractivity contribution >= 4 is 47.9 Å². The Balaban J connectivity index is 1.20. The Kier molecular flexibility index (Phi) is 15.0. The number of amides is 2. The first kappa shape index (κ1) is 54.3. The molecule has 0 aromatic heterocycles. The van der Waals surface area contributed by atoms with Crippen LogP contribution >= 0.6 is 0 Å². The Labute approximate surface area is 433 Å². The molecule has 19 heteroatoms. The van der Waals surface area contributed by atoms with E-state index >= 15 is 9.59 Å². The van der Waals surface area contributed by atoms with Crippen molar-refractivity contribution in [3.63, 3.8) is 0 Å². The predicted octanol–water partition coefficient (Wildman–Crippen LogP) is 5.18. The quantitative estimate of drug-likeness (QED) is 0.0839. The van der Waals surface area contributed by atoms with Gasteiger partial charge in [-0.2, -0.15) is 0 Å². The van der Waals surface area contributed by atoms with Gasteiger partial charge in [0.05, 0.1) is 29.6 Å². The number of carbonyl (C=O) groups excluding carboxylic acids is 7. The molecule has 5 aliphatic rings. The van der Waals surface area contributed by atoms with Gasteiger partial charge in [0.1, 0.15) is 54.8 Å². The number of hydrogen-bond acceptors (Lipinski definition) is 17. The van der Waals surface area contributed by atoms with Crippen LogP contribution in [-0.2, 0) is 58.8 Å². The average Bonchev–Trinajstić information content (AvgIpc) is 3.78. The highest BCUT2D eigenvalue weighted by molar-refractivity contribution is 5.94. The topological polar surface area (TPSA) is 269 Å². The first-order chi connectivity index (χ1) is 35.3. The smallest absolute Gasteiger partial charge is 0.408 e. The van der Waals surface area contributed by atoms with Gasteiger partial charge < -0.3 is 59.1 Å². The molecule has 0 spiro atoms. The van der Waals surface area contributed by atoms with E-state index in [0.29, 0.717) is 6.42 Å². The standard InChI is InChI=1S/C56H64N2O17/c1-30-23-39(56(68)47(73-48(64)34-19-13-10-14-20-34)45-54(8,46(63)43(62)41(30)53(56,6)7)37(60)26-38-55(45,29-70-38)74-31(2)59)71-49(65)44(42(33-17-11-9-12-18-33)58-51(67)75-52(3,4)5)72-40(61)27-57-50(66)69-28-32-24-35-21-15-16-22-36(35)25-32/h9-22,24,37-39,42-45,47,60,62,68H,23,25-29H2,1-8H3,(H,57,66)(H,58,67)/t37-,38+,39+,42-,43+,44+,45-,47-,54+,55-,56+/m0/s1. The van der Waals surface area contributed by atoms with Gasteiger partial charge in [-0.3, -0.25) is 14.4 Å². The lowest BCUT2D eigenvalue weighted by Crippen LogP contribution is -2.83. The maximum Gasteiger partial charge on any atom is 0.408 e. The van der Waals surface area contributed by atoms with Crippen molar-refractivity contribution in [2.75, 3.05) is 19.8 Å². The number of nitrogens with one attached hydrogen (secondary N) is 2. The van der Waals surface area contributed by atoms with Crippen molar-refractivity contribution in [3.8, 4) is 0 Å². The molecule has 4 aliphatic carbocycles. The van der Waals surface area contributed by atoms with E-state index < -0.39 is 138 Å². The lowest BCUT2D eigenvalue weighted by Gasteiger charge is -2.67. The fourth-order valence-corrected chi connectivity index (χ4v) is 11.8. The van der Waals surface area contributed by atoms with E-state index in [1.165, 1.54) is 45.0 Å². The molecule has 3 aromatic rings. The summed E-state index contributed by atoms with van der Waals surface area (Å²) in [7, 11) is 0. The number of ketones is 1. The summed E-state index contributed by atoms with van der Waals surface area (Å²) in [5.41, 5.74) is -6.42. The molecule has 19 nitrogen and oxygen atoms in total. The van der Waals surface area contributed by atoms with E-state index in [1.807, 2.05) is 30.3 Å². The van der Waals surface area contributed by atoms with Crippen LogP contribution in [0.3, 0.4) is 0 Å². The molecule has 1 aliphatic heterocycles. The molecule has 8 rings (SSSR count). The second kappa shape index (κ2) is 20.7. The van der Waals surface area contributed by atoms with Gasteiger partial charge in [-0.05, 0) is 81.0 Å². The summed E-state index contributed by atoms with van der Waals surface area (Å²) < 4.78 is 41.8. The van der Waals surface area contributed by atoms with Crippen LogP contribution in [0.5, 0.6) is 0 Å². The Morgan fingerprint density at radius 2 is 1.53 bits per heavy atom. The molecule has 75 heavy (non-hydrogen) atoms. The van der Waals surface area contributed by atoms with E-state index in [1.54, 1.807) is 64.1 Å². The van der Waals surface area contributed by atoms with Gasteiger partial charge in [0.25, 0.3) is 0 Å². The minimum absolute atomic E-state index is 0.00536. The molecule has 2 saturated carbocycles. The summed E-state index contributed by atoms with van der Waals surface area (Å²) in [5.74, 6) is -7.05. The third-order valence-electron chi connectivity index (χ3n) is 15.3. The van der Waals surface area contributed by atoms with Crippen LogP contribution in [0.25, 0.3) is 6.08 Å². The van der Waals surface area contributed by atoms with Crippen LogP contribution in [0, 0.1) is 16.7 Å². The number of fused-ring (bicyclic) bond motifs is 6. The van der Waals surface area contributed by atoms with E-state index in [9.17, 15) is 39.3 Å². The van der Waals surface area contributed by atoms with Gasteiger partial charge in [-0.25, -0.2) is 19.2 Å². The molecular formula is C56H64N2O17. The van der Waals surface area contributed by atoms with Crippen molar-refractivity contribution in [2.24, 2.45) is 16.7 Å². The van der Waals surface area contributed by atoms with Gasteiger partial charge >= 0.3 is 36.1 Å². The highest BCUT2D eigenvalue weighted by atomic mass is 16.6. The van der Waals surface area contributed by atoms with Crippen molar-refractivity contribution in [2.45, 2.75) is 134 Å². The SMILES string of the molecule is CC(=O)O[C@@]12CO[C@@H]1C[C@H](O)[C@@]1(C)C(=O)[C@H](O)C3=C(C)C[C@@H](OC(=O)[C@H](OC(=O)CNC(=O)OCC4=Cc5ccccc5C4)[C@@H](NC(=O)OC(C)(C)C)c4ccccc4)[C@@](O)([C@@H](OC(=O)c4ccccc4)[C@H]21)C3(C)C. The maximum atomic E-state index is 15.4. The summed E-state index contributed by atoms with van der Waals surface area (Å²) in [6.45, 7) is 10.4. The fourth-order valence-electron chi connectivity index (χ4n) is 11.8. The van der Waals surface area contributed by atoms with Gasteiger partial charge in [0, 0.05) is 25.2 Å². The summed E-state index contributed by atoms with van der Waals surface area (Å²) in [5, 5.41) is 43.5. The highest BCUT2D eigenvalue weighted by Crippen LogP contribution is 2.64. The van der Waals surface area contributed by atoms with Crippen LogP contribution in [0.2, 0.25) is 0 Å². The van der Waals surface area contributed by atoms with Gasteiger partial charge in [-0.15, -0.1) is 0 Å². The molecule has 3 fully saturated rings. The number of aliphatic hydroxyl groups is 3. The second-order valence-corrected chi connectivity index (χ2v) is 21.6. The number of benzene rings is 3. The van der Waals surface area contributed by atoms with E-state index in [4.69, 9.17) is 33.2 Å². The molecule has 400 valence electrons. The summed E-state index contributed by atoms with van der Waals surface area (Å²) in [6.07, 6.45) is -11.1. The van der Waals surface area contributed by atoms with Crippen LogP contribution in [0.4, 0.5) is 9.59 Å². The molecule has 1 saturated heterocycles. The first-order valence-electron chi connectivity index (χ1n) is 24.8. The van der Waals surface area contributed by atoms with E-state index in [2.05, 4.69) is 10.6 Å². The van der Waals surface area contributed by atoms with Gasteiger partial charge in [-0.1, -0.05) is 98.3 Å². The monoisotopic (exact) mass is 1040 g/mol. The lowest BCUT2D eigenvalue weighted by atomic mass is 9.44. The van der Waals surface area contributed by atoms with Crippen molar-refractivity contribution < 1.29 is 82.0 Å². The number of esters is 4. The second-order valence-electron chi connectivity index (χ2n) is 21.6. The van der Waals surface area contributed by atoms with Crippen LogP contribution in [-0.4, -0.2) is 130 Å². The van der Waals surface area contributed by atoms with Crippen LogP contribution in [0.1, 0.15) is 101 Å². The van der Waals surface area contributed by atoms with Gasteiger partial charge in [0.2, 0.25) is 6.10 Å². The van der Waals surface area contributed by atoms with E-state index in [-0.39, 0.29) is 35.3 Å². The largest absolute Gasteiger partial charge is 0.456 e. The number of carbonyl (C=O) groups is 7. The van der Waals surface area contributed by atoms with Crippen molar-refractivity contribution in [3.05, 3.63) is 124 Å². The summed E-state index contributed by atoms with van der Waals surface area (Å²) in [4.78, 5) is 98.9. The predicted molar refractivity (Wildman–Crippen MR) is 265 cm³/mol. The Hall–Kier alpha value is -6.93. The number of alkyl carbamates (subject to hydrolysis) is 2. The van der Waals surface area contributed by atoms with Crippen molar-refractivity contribution in [1.82, 2.24) is 10.6 Å². The normalized spacial score (nSPS) is 29.1. The molecular weight excluding hydrogens is 973 g/mol. The molecule has 2 amide bonds. The minimum atomic E-state index is -2.74. The Morgan fingerprint density at radius 3 is 2.16 bits per heavy atom. The zero-order chi connectivity index (χ0) is 54.4. The third-order valence-corrected chi connectivity index (χ3v) is 15.3. The van der Waals surface area contributed by atoms with Gasteiger partial charge in [0.15, 0.2) is 11.4 Å². The number of Topliss-reactive ketones (excluding diaryl/α,β-unsaturated/α-hetero) is 1. The molecule has 3 aromatic carbocycles. The third kappa shape index (κ3) is 10.2. The number of hydrogen-bond donors (Lipinski definition) is 5. The summed E-state index contributed by atoms with van der Waals surface area (Å²) in [6, 6.07) is 21.7. The van der Waals surface area contributed by atoms with Crippen LogP contribution < -0.4 is 10.6 Å². The molecule has 0 unspecified atom stereocenters. The highest BCUT2D eigenvalue weighted by Gasteiger charge is 2.79. The molecule has 1 heterocycles. The Morgan fingerprint density at radius 1 is 0.880 bits per heavy atom. The van der Waals surface area contributed by atoms with Crippen molar-refractivity contribution in [1.29, 1.82) is 0 Å². The zero-order valence-electron chi connectivity index (χ0n) is 43.1. The fraction of sp³-hybridized carbons (Fsp3) is 0.482.